The first-order valence-electron chi connectivity index (χ1n) is 4.90. The fourth-order valence-corrected chi connectivity index (χ4v) is 1.17. The lowest BCUT2D eigenvalue weighted by atomic mass is 10.1. The first-order valence-corrected chi connectivity index (χ1v) is 4.90. The summed E-state index contributed by atoms with van der Waals surface area (Å²) in [7, 11) is 0. The highest BCUT2D eigenvalue weighted by Crippen LogP contribution is 2.04. The lowest BCUT2D eigenvalue weighted by Gasteiger charge is -2.22. The third-order valence-electron chi connectivity index (χ3n) is 2.29. The number of terminal acetylenes is 1. The van der Waals surface area contributed by atoms with Gasteiger partial charge in [0, 0.05) is 19.5 Å². The lowest BCUT2D eigenvalue weighted by molar-refractivity contribution is 0.251. The molecule has 0 rings (SSSR count). The molecule has 0 saturated heterocycles. The minimum absolute atomic E-state index is 0.794. The van der Waals surface area contributed by atoms with E-state index in [2.05, 4.69) is 31.6 Å². The molecule has 0 heterocycles. The maximum Gasteiger partial charge on any atom is 0.0214 e. The van der Waals surface area contributed by atoms with Crippen molar-refractivity contribution in [2.24, 2.45) is 5.92 Å². The number of rotatable bonds is 6. The Balaban J connectivity index is 3.60. The third-order valence-corrected chi connectivity index (χ3v) is 2.29. The van der Waals surface area contributed by atoms with E-state index in [1.807, 2.05) is 0 Å². The van der Waals surface area contributed by atoms with Gasteiger partial charge in [0.1, 0.15) is 0 Å². The number of hydrogen-bond acceptors (Lipinski definition) is 1. The van der Waals surface area contributed by atoms with E-state index < -0.39 is 0 Å². The van der Waals surface area contributed by atoms with Gasteiger partial charge in [-0.05, 0) is 12.5 Å². The van der Waals surface area contributed by atoms with Crippen LogP contribution in [-0.2, 0) is 0 Å². The molecule has 70 valence electrons. The molecule has 0 bridgehead atoms. The van der Waals surface area contributed by atoms with Crippen LogP contribution in [0.4, 0.5) is 0 Å². The molecular weight excluding hydrogens is 146 g/mol. The summed E-state index contributed by atoms with van der Waals surface area (Å²) in [5.74, 6) is 3.48. The van der Waals surface area contributed by atoms with Gasteiger partial charge >= 0.3 is 0 Å². The van der Waals surface area contributed by atoms with Crippen molar-refractivity contribution in [1.29, 1.82) is 0 Å². The Hall–Kier alpha value is -0.480. The van der Waals surface area contributed by atoms with Crippen LogP contribution in [0.3, 0.4) is 0 Å². The van der Waals surface area contributed by atoms with Gasteiger partial charge in [0.2, 0.25) is 0 Å². The summed E-state index contributed by atoms with van der Waals surface area (Å²) in [6.45, 7) is 10.1. The summed E-state index contributed by atoms with van der Waals surface area (Å²) < 4.78 is 0. The smallest absolute Gasteiger partial charge is 0.0214 e. The molecule has 1 atom stereocenters. The van der Waals surface area contributed by atoms with Crippen LogP contribution in [0.5, 0.6) is 0 Å². The van der Waals surface area contributed by atoms with Gasteiger partial charge in [0.25, 0.3) is 0 Å². The molecule has 0 fully saturated rings. The Morgan fingerprint density at radius 3 is 2.50 bits per heavy atom. The predicted molar refractivity (Wildman–Crippen MR) is 55.0 cm³/mol. The first-order chi connectivity index (χ1) is 5.74. The van der Waals surface area contributed by atoms with Crippen molar-refractivity contribution < 1.29 is 0 Å². The van der Waals surface area contributed by atoms with Gasteiger partial charge in [0.15, 0.2) is 0 Å². The summed E-state index contributed by atoms with van der Waals surface area (Å²) in [6.07, 6.45) is 7.35. The SMILES string of the molecule is C#CCCN(CC)CC(C)CC. The molecule has 12 heavy (non-hydrogen) atoms. The van der Waals surface area contributed by atoms with Crippen LogP contribution in [0.1, 0.15) is 33.6 Å². The zero-order valence-electron chi connectivity index (χ0n) is 8.64. The summed E-state index contributed by atoms with van der Waals surface area (Å²) in [5, 5.41) is 0. The summed E-state index contributed by atoms with van der Waals surface area (Å²) in [6, 6.07) is 0. The molecule has 0 aliphatic heterocycles. The molecule has 0 aromatic rings. The normalized spacial score (nSPS) is 12.9. The van der Waals surface area contributed by atoms with Crippen LogP contribution in [0.2, 0.25) is 0 Å². The van der Waals surface area contributed by atoms with E-state index in [-0.39, 0.29) is 0 Å². The maximum absolute atomic E-state index is 5.22. The molecule has 1 unspecified atom stereocenters. The zero-order chi connectivity index (χ0) is 9.40. The highest BCUT2D eigenvalue weighted by atomic mass is 15.1. The Labute approximate surface area is 77.1 Å². The van der Waals surface area contributed by atoms with Crippen molar-refractivity contribution in [3.8, 4) is 12.3 Å². The van der Waals surface area contributed by atoms with E-state index in [1.54, 1.807) is 0 Å². The van der Waals surface area contributed by atoms with E-state index in [1.165, 1.54) is 13.0 Å². The molecule has 0 saturated carbocycles. The Morgan fingerprint density at radius 1 is 1.42 bits per heavy atom. The molecule has 0 aromatic carbocycles. The van der Waals surface area contributed by atoms with Crippen molar-refractivity contribution in [3.63, 3.8) is 0 Å². The molecular formula is C11H21N. The van der Waals surface area contributed by atoms with Crippen LogP contribution in [0, 0.1) is 18.3 Å². The molecule has 1 nitrogen and oxygen atoms in total. The second-order valence-electron chi connectivity index (χ2n) is 3.36. The number of nitrogens with zero attached hydrogens (tertiary/aromatic N) is 1. The summed E-state index contributed by atoms with van der Waals surface area (Å²) in [5.41, 5.74) is 0. The Bertz CT molecular complexity index is 134. The van der Waals surface area contributed by atoms with Gasteiger partial charge in [-0.3, -0.25) is 0 Å². The topological polar surface area (TPSA) is 3.24 Å². The molecule has 0 aliphatic carbocycles. The fourth-order valence-electron chi connectivity index (χ4n) is 1.17. The monoisotopic (exact) mass is 167 g/mol. The van der Waals surface area contributed by atoms with Crippen molar-refractivity contribution in [3.05, 3.63) is 0 Å². The molecule has 0 aliphatic rings. The Kier molecular flexibility index (Phi) is 6.90. The van der Waals surface area contributed by atoms with Gasteiger partial charge in [-0.15, -0.1) is 12.3 Å². The second-order valence-corrected chi connectivity index (χ2v) is 3.36. The fraction of sp³-hybridized carbons (Fsp3) is 0.818. The molecule has 0 amide bonds. The zero-order valence-corrected chi connectivity index (χ0v) is 8.64. The standard InChI is InChI=1S/C11H21N/c1-5-8-9-12(7-3)10-11(4)6-2/h1,11H,6-10H2,2-4H3. The molecule has 0 spiro atoms. The number of hydrogen-bond donors (Lipinski definition) is 0. The van der Waals surface area contributed by atoms with Crippen molar-refractivity contribution in [2.45, 2.75) is 33.6 Å². The predicted octanol–water partition coefficient (Wildman–Crippen LogP) is 2.38. The first kappa shape index (κ1) is 11.5. The minimum Gasteiger partial charge on any atom is -0.302 e. The average molecular weight is 167 g/mol. The van der Waals surface area contributed by atoms with Crippen LogP contribution < -0.4 is 0 Å². The summed E-state index contributed by atoms with van der Waals surface area (Å²) in [4.78, 5) is 2.42. The van der Waals surface area contributed by atoms with Gasteiger partial charge in [-0.25, -0.2) is 0 Å². The minimum atomic E-state index is 0.794. The van der Waals surface area contributed by atoms with Gasteiger partial charge in [-0.2, -0.15) is 0 Å². The van der Waals surface area contributed by atoms with E-state index in [4.69, 9.17) is 6.42 Å². The van der Waals surface area contributed by atoms with E-state index >= 15 is 0 Å². The van der Waals surface area contributed by atoms with Crippen molar-refractivity contribution in [1.82, 2.24) is 4.90 Å². The van der Waals surface area contributed by atoms with Crippen LogP contribution >= 0.6 is 0 Å². The Morgan fingerprint density at radius 2 is 2.08 bits per heavy atom. The maximum atomic E-state index is 5.22. The van der Waals surface area contributed by atoms with E-state index in [9.17, 15) is 0 Å². The molecule has 0 N–H and O–H groups in total. The molecule has 1 heteroatoms. The van der Waals surface area contributed by atoms with Crippen LogP contribution in [0.25, 0.3) is 0 Å². The third kappa shape index (κ3) is 5.21. The quantitative estimate of drug-likeness (QED) is 0.549. The molecule has 0 aromatic heterocycles. The average Bonchev–Trinajstić information content (AvgIpc) is 2.11. The van der Waals surface area contributed by atoms with Gasteiger partial charge in [-0.1, -0.05) is 27.2 Å². The van der Waals surface area contributed by atoms with Crippen LogP contribution in [0.15, 0.2) is 0 Å². The highest BCUT2D eigenvalue weighted by molar-refractivity contribution is 4.84. The summed E-state index contributed by atoms with van der Waals surface area (Å²) >= 11 is 0. The van der Waals surface area contributed by atoms with E-state index in [0.29, 0.717) is 0 Å². The van der Waals surface area contributed by atoms with Gasteiger partial charge in [0.05, 0.1) is 0 Å². The van der Waals surface area contributed by atoms with E-state index in [0.717, 1.165) is 25.4 Å². The van der Waals surface area contributed by atoms with Crippen LogP contribution in [-0.4, -0.2) is 24.5 Å². The lowest BCUT2D eigenvalue weighted by Crippen LogP contribution is -2.29. The highest BCUT2D eigenvalue weighted by Gasteiger charge is 2.05. The largest absolute Gasteiger partial charge is 0.302 e. The molecule has 0 radical (unpaired) electrons. The van der Waals surface area contributed by atoms with Crippen molar-refractivity contribution >= 4 is 0 Å². The van der Waals surface area contributed by atoms with Crippen molar-refractivity contribution in [2.75, 3.05) is 19.6 Å². The second kappa shape index (κ2) is 7.18. The van der Waals surface area contributed by atoms with Gasteiger partial charge < -0.3 is 4.90 Å².